The zero-order valence-electron chi connectivity index (χ0n) is 18.3. The fourth-order valence-corrected chi connectivity index (χ4v) is 5.03. The van der Waals surface area contributed by atoms with Crippen LogP contribution in [0, 0.1) is 19.8 Å². The number of hydrogen-bond acceptors (Lipinski definition) is 6. The number of ether oxygens (including phenoxy) is 1. The van der Waals surface area contributed by atoms with Crippen LogP contribution in [0.5, 0.6) is 5.75 Å². The standard InChI is InChI=1S/C23H29N5O2S/c1-4-30-20-10-6-5-8-18(20)14-24-21(29)19-9-7-13-27(15-19)22-25-26-23(31-22)28-16(2)11-12-17(28)3/h5-6,8,10-12,19H,4,7,9,13-15H2,1-3H3,(H,24,29)/t19-/m1/s1. The lowest BCUT2D eigenvalue weighted by Crippen LogP contribution is -2.43. The smallest absolute Gasteiger partial charge is 0.225 e. The van der Waals surface area contributed by atoms with Crippen molar-refractivity contribution in [2.24, 2.45) is 5.92 Å². The first kappa shape index (κ1) is 21.4. The number of anilines is 1. The van der Waals surface area contributed by atoms with Gasteiger partial charge in [0.05, 0.1) is 12.5 Å². The molecular weight excluding hydrogens is 410 g/mol. The minimum Gasteiger partial charge on any atom is -0.494 e. The van der Waals surface area contributed by atoms with Gasteiger partial charge in [-0.1, -0.05) is 29.5 Å². The zero-order chi connectivity index (χ0) is 21.8. The number of amides is 1. The number of hydrogen-bond donors (Lipinski definition) is 1. The maximum atomic E-state index is 12.9. The van der Waals surface area contributed by atoms with Crippen LogP contribution in [-0.4, -0.2) is 40.4 Å². The number of carbonyl (C=O) groups is 1. The molecule has 31 heavy (non-hydrogen) atoms. The summed E-state index contributed by atoms with van der Waals surface area (Å²) in [7, 11) is 0. The van der Waals surface area contributed by atoms with Gasteiger partial charge in [-0.25, -0.2) is 0 Å². The molecule has 1 aromatic carbocycles. The van der Waals surface area contributed by atoms with Gasteiger partial charge in [0.1, 0.15) is 5.75 Å². The Bertz CT molecular complexity index is 1020. The second-order valence-electron chi connectivity index (χ2n) is 7.86. The maximum Gasteiger partial charge on any atom is 0.225 e. The predicted octanol–water partition coefficient (Wildman–Crippen LogP) is 3.88. The van der Waals surface area contributed by atoms with E-state index in [2.05, 4.69) is 51.0 Å². The fourth-order valence-electron chi connectivity index (χ4n) is 4.03. The van der Waals surface area contributed by atoms with Gasteiger partial charge in [-0.15, -0.1) is 10.2 Å². The summed E-state index contributed by atoms with van der Waals surface area (Å²) in [6.07, 6.45) is 1.85. The van der Waals surface area contributed by atoms with Gasteiger partial charge < -0.3 is 15.0 Å². The van der Waals surface area contributed by atoms with Crippen LogP contribution >= 0.6 is 11.3 Å². The maximum absolute atomic E-state index is 12.9. The number of nitrogens with one attached hydrogen (secondary N) is 1. The molecule has 4 rings (SSSR count). The van der Waals surface area contributed by atoms with Crippen LogP contribution in [0.3, 0.4) is 0 Å². The highest BCUT2D eigenvalue weighted by Gasteiger charge is 2.28. The molecule has 0 radical (unpaired) electrons. The molecule has 1 amide bonds. The van der Waals surface area contributed by atoms with Crippen molar-refractivity contribution < 1.29 is 9.53 Å². The molecule has 0 saturated carbocycles. The molecular formula is C23H29N5O2S. The lowest BCUT2D eigenvalue weighted by atomic mass is 9.97. The summed E-state index contributed by atoms with van der Waals surface area (Å²) in [6, 6.07) is 12.0. The monoisotopic (exact) mass is 439 g/mol. The van der Waals surface area contributed by atoms with E-state index >= 15 is 0 Å². The van der Waals surface area contributed by atoms with Crippen LogP contribution in [0.25, 0.3) is 5.13 Å². The number of aryl methyl sites for hydroxylation is 2. The Balaban J connectivity index is 1.39. The number of carbonyl (C=O) groups excluding carboxylic acids is 1. The Morgan fingerprint density at radius 3 is 2.68 bits per heavy atom. The van der Waals surface area contributed by atoms with E-state index in [9.17, 15) is 4.79 Å². The Labute approximate surface area is 187 Å². The molecule has 3 heterocycles. The average molecular weight is 440 g/mol. The van der Waals surface area contributed by atoms with Crippen molar-refractivity contribution in [3.05, 3.63) is 53.3 Å². The van der Waals surface area contributed by atoms with E-state index in [-0.39, 0.29) is 11.8 Å². The highest BCUT2D eigenvalue weighted by Crippen LogP contribution is 2.29. The minimum absolute atomic E-state index is 0.0598. The Hall–Kier alpha value is -2.87. The molecule has 8 heteroatoms. The van der Waals surface area contributed by atoms with Gasteiger partial charge in [0.25, 0.3) is 0 Å². The summed E-state index contributed by atoms with van der Waals surface area (Å²) in [4.78, 5) is 15.1. The quantitative estimate of drug-likeness (QED) is 0.605. The van der Waals surface area contributed by atoms with Gasteiger partial charge in [0.2, 0.25) is 16.2 Å². The highest BCUT2D eigenvalue weighted by atomic mass is 32.1. The van der Waals surface area contributed by atoms with E-state index in [1.54, 1.807) is 11.3 Å². The van der Waals surface area contributed by atoms with Crippen LogP contribution in [0.15, 0.2) is 36.4 Å². The molecule has 0 bridgehead atoms. The first-order valence-corrected chi connectivity index (χ1v) is 11.6. The molecule has 164 valence electrons. The van der Waals surface area contributed by atoms with Crippen LogP contribution in [0.4, 0.5) is 5.13 Å². The van der Waals surface area contributed by atoms with Gasteiger partial charge in [0, 0.05) is 36.6 Å². The minimum atomic E-state index is -0.0598. The van der Waals surface area contributed by atoms with Crippen molar-refractivity contribution in [2.75, 3.05) is 24.6 Å². The molecule has 0 aliphatic carbocycles. The van der Waals surface area contributed by atoms with Crippen molar-refractivity contribution in [1.82, 2.24) is 20.1 Å². The number of para-hydroxylation sites is 1. The third-order valence-electron chi connectivity index (χ3n) is 5.65. The van der Waals surface area contributed by atoms with Gasteiger partial charge in [-0.2, -0.15) is 0 Å². The summed E-state index contributed by atoms with van der Waals surface area (Å²) in [5, 5.41) is 13.7. The molecule has 7 nitrogen and oxygen atoms in total. The number of nitrogens with zero attached hydrogens (tertiary/aromatic N) is 4. The van der Waals surface area contributed by atoms with Gasteiger partial charge in [-0.05, 0) is 51.8 Å². The number of piperidine rings is 1. The molecule has 3 aromatic rings. The van der Waals surface area contributed by atoms with Crippen LogP contribution in [0.1, 0.15) is 36.7 Å². The summed E-state index contributed by atoms with van der Waals surface area (Å²) in [5.41, 5.74) is 3.28. The summed E-state index contributed by atoms with van der Waals surface area (Å²) in [5.74, 6) is 0.848. The summed E-state index contributed by atoms with van der Waals surface area (Å²) in [6.45, 7) is 8.74. The summed E-state index contributed by atoms with van der Waals surface area (Å²) < 4.78 is 7.78. The SMILES string of the molecule is CCOc1ccccc1CNC(=O)[C@@H]1CCCN(c2nnc(-n3c(C)ccc3C)s2)C1. The fraction of sp³-hybridized carbons (Fsp3) is 0.435. The molecule has 1 aliphatic rings. The predicted molar refractivity (Wildman–Crippen MR) is 123 cm³/mol. The highest BCUT2D eigenvalue weighted by molar-refractivity contribution is 7.17. The average Bonchev–Trinajstić information content (AvgIpc) is 3.39. The lowest BCUT2D eigenvalue weighted by molar-refractivity contribution is -0.125. The number of aromatic nitrogens is 3. The van der Waals surface area contributed by atoms with Crippen LogP contribution in [0.2, 0.25) is 0 Å². The van der Waals surface area contributed by atoms with Crippen molar-refractivity contribution >= 4 is 22.4 Å². The van der Waals surface area contributed by atoms with E-state index in [0.29, 0.717) is 19.7 Å². The van der Waals surface area contributed by atoms with E-state index < -0.39 is 0 Å². The Morgan fingerprint density at radius 1 is 1.16 bits per heavy atom. The van der Waals surface area contributed by atoms with Crippen molar-refractivity contribution in [3.8, 4) is 10.9 Å². The van der Waals surface area contributed by atoms with Crippen molar-refractivity contribution in [2.45, 2.75) is 40.2 Å². The van der Waals surface area contributed by atoms with Crippen LogP contribution in [-0.2, 0) is 11.3 Å². The molecule has 1 N–H and O–H groups in total. The Morgan fingerprint density at radius 2 is 1.90 bits per heavy atom. The third kappa shape index (κ3) is 4.74. The van der Waals surface area contributed by atoms with E-state index in [4.69, 9.17) is 4.74 Å². The molecule has 2 aromatic heterocycles. The molecule has 0 spiro atoms. The second kappa shape index (κ2) is 9.51. The molecule has 0 unspecified atom stereocenters. The van der Waals surface area contributed by atoms with Crippen molar-refractivity contribution in [3.63, 3.8) is 0 Å². The Kier molecular flexibility index (Phi) is 6.56. The lowest BCUT2D eigenvalue weighted by Gasteiger charge is -2.31. The second-order valence-corrected chi connectivity index (χ2v) is 8.80. The van der Waals surface area contributed by atoms with E-state index in [1.165, 1.54) is 0 Å². The largest absolute Gasteiger partial charge is 0.494 e. The first-order valence-electron chi connectivity index (χ1n) is 10.8. The van der Waals surface area contributed by atoms with E-state index in [1.807, 2.05) is 31.2 Å². The first-order chi connectivity index (χ1) is 15.1. The molecule has 1 fully saturated rings. The molecule has 1 aliphatic heterocycles. The van der Waals surface area contributed by atoms with E-state index in [0.717, 1.165) is 52.4 Å². The normalized spacial score (nSPS) is 16.4. The zero-order valence-corrected chi connectivity index (χ0v) is 19.1. The van der Waals surface area contributed by atoms with Crippen molar-refractivity contribution in [1.29, 1.82) is 0 Å². The number of rotatable bonds is 7. The van der Waals surface area contributed by atoms with Crippen LogP contribution < -0.4 is 15.0 Å². The summed E-state index contributed by atoms with van der Waals surface area (Å²) >= 11 is 1.58. The van der Waals surface area contributed by atoms with Gasteiger partial charge >= 0.3 is 0 Å². The number of benzene rings is 1. The van der Waals surface area contributed by atoms with Gasteiger partial charge in [0.15, 0.2) is 0 Å². The topological polar surface area (TPSA) is 72.3 Å². The third-order valence-corrected chi connectivity index (χ3v) is 6.62. The molecule has 1 atom stereocenters. The van der Waals surface area contributed by atoms with Gasteiger partial charge in [-0.3, -0.25) is 9.36 Å². The molecule has 1 saturated heterocycles.